The highest BCUT2D eigenvalue weighted by Crippen LogP contribution is 2.55. The van der Waals surface area contributed by atoms with E-state index in [1.807, 2.05) is 6.07 Å². The number of hydrogen-bond acceptors (Lipinski definition) is 1. The van der Waals surface area contributed by atoms with Crippen molar-refractivity contribution >= 4 is 43.7 Å². The fourth-order valence-electron chi connectivity index (χ4n) is 6.81. The molecule has 0 saturated heterocycles. The van der Waals surface area contributed by atoms with E-state index in [1.54, 1.807) is 0 Å². The summed E-state index contributed by atoms with van der Waals surface area (Å²) in [7, 11) is 0. The van der Waals surface area contributed by atoms with Crippen LogP contribution in [0.2, 0.25) is 0 Å². The van der Waals surface area contributed by atoms with E-state index in [4.69, 9.17) is 4.42 Å². The lowest BCUT2D eigenvalue weighted by Crippen LogP contribution is -2.43. The van der Waals surface area contributed by atoms with Gasteiger partial charge in [0.2, 0.25) is 0 Å². The lowest BCUT2D eigenvalue weighted by atomic mass is 9.55. The van der Waals surface area contributed by atoms with Gasteiger partial charge in [0.1, 0.15) is 11.2 Å². The van der Waals surface area contributed by atoms with Gasteiger partial charge in [-0.3, -0.25) is 0 Å². The van der Waals surface area contributed by atoms with Crippen molar-refractivity contribution in [3.8, 4) is 16.8 Å². The smallest absolute Gasteiger partial charge is 0.136 e. The van der Waals surface area contributed by atoms with E-state index in [-0.39, 0.29) is 10.8 Å². The predicted molar refractivity (Wildman–Crippen MR) is 160 cm³/mol. The van der Waals surface area contributed by atoms with Crippen LogP contribution in [0.15, 0.2) is 108 Å². The van der Waals surface area contributed by atoms with Gasteiger partial charge in [0.25, 0.3) is 0 Å². The van der Waals surface area contributed by atoms with Crippen molar-refractivity contribution in [3.05, 3.63) is 114 Å². The molecular weight excluding hydrogens is 462 g/mol. The van der Waals surface area contributed by atoms with Crippen LogP contribution >= 0.6 is 0 Å². The van der Waals surface area contributed by atoms with Gasteiger partial charge in [-0.25, -0.2) is 0 Å². The van der Waals surface area contributed by atoms with Gasteiger partial charge < -0.3 is 8.98 Å². The monoisotopic (exact) mass is 491 g/mol. The van der Waals surface area contributed by atoms with E-state index in [0.29, 0.717) is 0 Å². The van der Waals surface area contributed by atoms with E-state index in [9.17, 15) is 0 Å². The van der Waals surface area contributed by atoms with E-state index < -0.39 is 0 Å². The maximum Gasteiger partial charge on any atom is 0.136 e. The third-order valence-electron chi connectivity index (χ3n) is 9.56. The lowest BCUT2D eigenvalue weighted by Gasteiger charge is -2.48. The molecule has 0 bridgehead atoms. The molecule has 2 aromatic heterocycles. The Bertz CT molecular complexity index is 2030. The van der Waals surface area contributed by atoms with Crippen LogP contribution in [0.3, 0.4) is 0 Å². The zero-order valence-corrected chi connectivity index (χ0v) is 22.2. The summed E-state index contributed by atoms with van der Waals surface area (Å²) in [5, 5.41) is 4.97. The van der Waals surface area contributed by atoms with E-state index >= 15 is 0 Å². The highest BCUT2D eigenvalue weighted by Gasteiger charge is 2.46. The molecule has 0 unspecified atom stereocenters. The third-order valence-corrected chi connectivity index (χ3v) is 9.56. The van der Waals surface area contributed by atoms with Crippen molar-refractivity contribution in [2.24, 2.45) is 0 Å². The average Bonchev–Trinajstić information content (AvgIpc) is 3.46. The molecule has 0 N–H and O–H groups in total. The molecule has 5 aromatic carbocycles. The second kappa shape index (κ2) is 7.17. The highest BCUT2D eigenvalue weighted by molar-refractivity contribution is 6.09. The SMILES string of the molecule is CC1(C)c2cc(-n3c4ccccc4c4ccccc43)ccc2-c2cc3oc4ccccc4c3cc2C1(C)C. The van der Waals surface area contributed by atoms with Gasteiger partial charge >= 0.3 is 0 Å². The lowest BCUT2D eigenvalue weighted by molar-refractivity contribution is 0.299. The Kier molecular flexibility index (Phi) is 4.10. The standard InChI is InChI=1S/C36H29NO/c1-35(2)29-19-22(37-31-14-8-5-11-24(31)25-12-6-9-15-32(25)37)17-18-23(29)27-21-34-28(20-30(27)36(35,3)4)26-13-7-10-16-33(26)38-34/h5-21H,1-4H3. The van der Waals surface area contributed by atoms with Gasteiger partial charge in [0.15, 0.2) is 0 Å². The zero-order chi connectivity index (χ0) is 25.8. The number of furan rings is 1. The minimum absolute atomic E-state index is 0.0820. The third kappa shape index (κ3) is 2.62. The van der Waals surface area contributed by atoms with Crippen molar-refractivity contribution in [3.63, 3.8) is 0 Å². The largest absolute Gasteiger partial charge is 0.456 e. The van der Waals surface area contributed by atoms with Gasteiger partial charge in [-0.2, -0.15) is 0 Å². The number of aromatic nitrogens is 1. The van der Waals surface area contributed by atoms with Crippen LogP contribution in [0.25, 0.3) is 60.6 Å². The van der Waals surface area contributed by atoms with Crippen LogP contribution in [-0.2, 0) is 10.8 Å². The summed E-state index contributed by atoms with van der Waals surface area (Å²) >= 11 is 0. The maximum absolute atomic E-state index is 6.33. The Morgan fingerprint density at radius 1 is 0.500 bits per heavy atom. The normalized spacial score (nSPS) is 15.8. The summed E-state index contributed by atoms with van der Waals surface area (Å²) in [6.45, 7) is 9.61. The van der Waals surface area contributed by atoms with Crippen molar-refractivity contribution in [2.45, 2.75) is 38.5 Å². The molecule has 38 heavy (non-hydrogen) atoms. The molecule has 1 aliphatic rings. The molecule has 8 rings (SSSR count). The molecule has 1 aliphatic carbocycles. The molecule has 2 heteroatoms. The van der Waals surface area contributed by atoms with Crippen molar-refractivity contribution < 1.29 is 4.42 Å². The van der Waals surface area contributed by atoms with Gasteiger partial charge in [0, 0.05) is 27.2 Å². The second-order valence-corrected chi connectivity index (χ2v) is 11.8. The predicted octanol–water partition coefficient (Wildman–Crippen LogP) is 9.92. The number of fused-ring (bicyclic) bond motifs is 9. The number of para-hydroxylation sites is 3. The summed E-state index contributed by atoms with van der Waals surface area (Å²) in [6, 6.07) is 37.6. The topological polar surface area (TPSA) is 18.1 Å². The average molecular weight is 492 g/mol. The van der Waals surface area contributed by atoms with Crippen molar-refractivity contribution in [2.75, 3.05) is 0 Å². The summed E-state index contributed by atoms with van der Waals surface area (Å²) in [5.74, 6) is 0. The minimum Gasteiger partial charge on any atom is -0.456 e. The first kappa shape index (κ1) is 21.8. The molecule has 0 spiro atoms. The molecule has 0 amide bonds. The van der Waals surface area contributed by atoms with E-state index in [0.717, 1.165) is 11.2 Å². The summed E-state index contributed by atoms with van der Waals surface area (Å²) in [6.07, 6.45) is 0. The summed E-state index contributed by atoms with van der Waals surface area (Å²) in [5.41, 5.74) is 10.8. The van der Waals surface area contributed by atoms with Crippen LogP contribution < -0.4 is 0 Å². The first-order chi connectivity index (χ1) is 18.4. The van der Waals surface area contributed by atoms with Gasteiger partial charge in [0.05, 0.1) is 11.0 Å². The Labute approximate surface area is 222 Å². The van der Waals surface area contributed by atoms with Gasteiger partial charge in [-0.05, 0) is 75.5 Å². The quantitative estimate of drug-likeness (QED) is 0.223. The first-order valence-corrected chi connectivity index (χ1v) is 13.5. The number of nitrogens with zero attached hydrogens (tertiary/aromatic N) is 1. The van der Waals surface area contributed by atoms with Crippen LogP contribution in [0.5, 0.6) is 0 Å². The maximum atomic E-state index is 6.33. The Morgan fingerprint density at radius 2 is 1.08 bits per heavy atom. The van der Waals surface area contributed by atoms with Crippen LogP contribution in [0, 0.1) is 0 Å². The van der Waals surface area contributed by atoms with Crippen molar-refractivity contribution in [1.29, 1.82) is 0 Å². The van der Waals surface area contributed by atoms with E-state index in [1.165, 1.54) is 60.5 Å². The van der Waals surface area contributed by atoms with Gasteiger partial charge in [-0.1, -0.05) is 88.4 Å². The second-order valence-electron chi connectivity index (χ2n) is 11.8. The molecule has 0 saturated carbocycles. The molecule has 2 nitrogen and oxygen atoms in total. The summed E-state index contributed by atoms with van der Waals surface area (Å²) < 4.78 is 8.75. The zero-order valence-electron chi connectivity index (χ0n) is 22.2. The molecule has 0 radical (unpaired) electrons. The molecule has 0 fully saturated rings. The Hall–Kier alpha value is -4.30. The first-order valence-electron chi connectivity index (χ1n) is 13.5. The van der Waals surface area contributed by atoms with Crippen LogP contribution in [0.4, 0.5) is 0 Å². The minimum atomic E-state index is -0.0860. The number of hydrogen-bond donors (Lipinski definition) is 0. The fraction of sp³-hybridized carbons (Fsp3) is 0.167. The number of benzene rings is 5. The molecule has 0 aliphatic heterocycles. The highest BCUT2D eigenvalue weighted by atomic mass is 16.3. The molecule has 2 heterocycles. The summed E-state index contributed by atoms with van der Waals surface area (Å²) in [4.78, 5) is 0. The van der Waals surface area contributed by atoms with Crippen molar-refractivity contribution in [1.82, 2.24) is 4.57 Å². The van der Waals surface area contributed by atoms with Crippen LogP contribution in [-0.4, -0.2) is 4.57 Å². The van der Waals surface area contributed by atoms with E-state index in [2.05, 4.69) is 129 Å². The fourth-order valence-corrected chi connectivity index (χ4v) is 6.81. The van der Waals surface area contributed by atoms with Gasteiger partial charge in [-0.15, -0.1) is 0 Å². The Balaban J connectivity index is 1.43. The number of rotatable bonds is 1. The molecule has 184 valence electrons. The molecule has 7 aromatic rings. The molecule has 0 atom stereocenters. The van der Waals surface area contributed by atoms with Crippen LogP contribution in [0.1, 0.15) is 38.8 Å². The Morgan fingerprint density at radius 3 is 1.76 bits per heavy atom. The molecular formula is C36H29NO.